The van der Waals surface area contributed by atoms with Crippen molar-refractivity contribution < 1.29 is 312 Å². The van der Waals surface area contributed by atoms with Crippen LogP contribution >= 0.6 is 9.90 Å². The first-order valence-corrected chi connectivity index (χ1v) is 0. The predicted molar refractivity (Wildman–Crippen MR) is 22.6 cm³/mol. The van der Waals surface area contributed by atoms with Crippen LogP contribution in [0.5, 0.6) is 0 Å². The molecule has 0 nitrogen and oxygen atoms in total. The molecule has 0 heterocycles. The van der Waals surface area contributed by atoms with Gasteiger partial charge in [-0.1, -0.05) is 0 Å². The van der Waals surface area contributed by atoms with E-state index < -0.39 is 0 Å². The normalized spacial score (nSPS) is 0. The van der Waals surface area contributed by atoms with Gasteiger partial charge in [0.05, 0.1) is 0 Å². The fourth-order valence-corrected chi connectivity index (χ4v) is 0. The minimum atomic E-state index is 0. The Hall–Kier alpha value is 10.2. The van der Waals surface area contributed by atoms with Crippen LogP contribution in [0.25, 0.3) is 0 Å². The van der Waals surface area contributed by atoms with Gasteiger partial charge in [-0.2, -0.15) is 9.90 Å². The summed E-state index contributed by atoms with van der Waals surface area (Å²) in [5, 5.41) is 0. The third kappa shape index (κ3) is 246. The topological polar surface area (TPSA) is 0 Å². The van der Waals surface area contributed by atoms with Gasteiger partial charge in [-0.15, -0.1) is 0 Å². The molecule has 0 saturated heterocycles. The Morgan fingerprint density at radius 2 is 0.409 bits per heavy atom. The molecule has 0 aromatic carbocycles. The van der Waals surface area contributed by atoms with Gasteiger partial charge in [-0.25, -0.2) is 0 Å². The summed E-state index contributed by atoms with van der Waals surface area (Å²) in [5.74, 6) is 0. The van der Waals surface area contributed by atoms with Crippen LogP contribution in [-0.2, 0) is 57.6 Å². The van der Waals surface area contributed by atoms with Crippen molar-refractivity contribution in [2.45, 2.75) is 0 Å². The minimum absolute atomic E-state index is 0. The molecule has 0 aliphatic carbocycles. The maximum Gasteiger partial charge on any atom is 2.00 e. The molecular formula is H3Cl14KMgMnMoNaPSeZn-6. The van der Waals surface area contributed by atoms with E-state index in [2.05, 4.69) is 0 Å². The summed E-state index contributed by atoms with van der Waals surface area (Å²) in [6.07, 6.45) is 0. The van der Waals surface area contributed by atoms with Gasteiger partial charge in [0.25, 0.3) is 0 Å². The molecule has 0 aliphatic heterocycles. The molecular weight excluding hydrogens is 909 g/mol. The summed E-state index contributed by atoms with van der Waals surface area (Å²) < 4.78 is 0. The van der Waals surface area contributed by atoms with E-state index in [4.69, 9.17) is 0 Å². The monoisotopic (exact) mass is 906 g/mol. The summed E-state index contributed by atoms with van der Waals surface area (Å²) >= 11 is 0. The Morgan fingerprint density at radius 1 is 0.409 bits per heavy atom. The van der Waals surface area contributed by atoms with E-state index in [1.54, 1.807) is 0 Å². The number of hydrogen-bond acceptors (Lipinski definition) is 0. The Kier molecular flexibility index (Phi) is 3710. The molecule has 1 unspecified atom stereocenters. The average molecular weight is 912 g/mol. The molecule has 22 heavy (non-hydrogen) atoms. The molecule has 0 aromatic heterocycles. The molecule has 137 valence electrons. The van der Waals surface area contributed by atoms with Crippen molar-refractivity contribution in [2.75, 3.05) is 0 Å². The first-order chi connectivity index (χ1) is 0. The van der Waals surface area contributed by atoms with E-state index >= 15 is 0 Å². The number of hydrogen-bond donors (Lipinski definition) is 0. The van der Waals surface area contributed by atoms with E-state index in [0.29, 0.717) is 0 Å². The largest absolute Gasteiger partial charge is 2.00 e. The first-order valence-electron chi connectivity index (χ1n) is 0. The third-order valence-electron chi connectivity index (χ3n) is 0. The predicted octanol–water partition coefficient (Wildman–Crippen LogP) is -48.6. The van der Waals surface area contributed by atoms with E-state index in [1.807, 2.05) is 0 Å². The molecule has 0 bridgehead atoms. The standard InChI is InChI=1S/14ClH.K.Mg.Mn.Mo.Na.H3P.Se.Zn/h14*1H;;;;;;1H3;;/q;;;;;;;;;;;;;;+1;2*+2;;+1;;;+2/p-14. The van der Waals surface area contributed by atoms with Crippen molar-refractivity contribution in [2.24, 2.45) is 0 Å². The molecule has 3 radical (unpaired) electrons. The Morgan fingerprint density at radius 3 is 0.409 bits per heavy atom. The molecule has 0 aliphatic rings. The van der Waals surface area contributed by atoms with Gasteiger partial charge in [0.15, 0.2) is 0 Å². The third-order valence-corrected chi connectivity index (χ3v) is 0. The van der Waals surface area contributed by atoms with Crippen molar-refractivity contribution in [1.82, 2.24) is 0 Å². The van der Waals surface area contributed by atoms with Gasteiger partial charge >= 0.3 is 141 Å². The van der Waals surface area contributed by atoms with E-state index in [0.717, 1.165) is 0 Å². The van der Waals surface area contributed by atoms with Crippen molar-refractivity contribution in [3.63, 3.8) is 0 Å². The Bertz CT molecular complexity index is 44.8. The molecule has 1 atom stereocenters. The van der Waals surface area contributed by atoms with Crippen LogP contribution in [0.15, 0.2) is 0 Å². The molecule has 22 heteroatoms. The summed E-state index contributed by atoms with van der Waals surface area (Å²) in [4.78, 5) is 0. The Labute approximate surface area is 353 Å². The maximum absolute atomic E-state index is 0. The molecule has 0 fully saturated rings. The summed E-state index contributed by atoms with van der Waals surface area (Å²) in [6.45, 7) is 0. The zero-order valence-corrected chi connectivity index (χ0v) is 37.0. The van der Waals surface area contributed by atoms with Crippen molar-refractivity contribution in [1.29, 1.82) is 0 Å². The quantitative estimate of drug-likeness (QED) is 0.168. The van der Waals surface area contributed by atoms with Gasteiger partial charge < -0.3 is 174 Å². The average Bonchev–Trinajstić information content (AvgIpc) is 0. The fraction of sp³-hybridized carbons (Fsp3) is 0. The molecule has 0 aromatic rings. The van der Waals surface area contributed by atoms with Crippen molar-refractivity contribution in [3.8, 4) is 0 Å². The van der Waals surface area contributed by atoms with Gasteiger partial charge in [0, 0.05) is 38.1 Å². The zero-order chi connectivity index (χ0) is 0. The second-order valence-electron chi connectivity index (χ2n) is 0. The SMILES string of the molecule is P.[Cl-].[Cl-].[Cl-].[Cl-].[Cl-].[Cl-].[Cl-].[Cl-].[Cl-].[Cl-].[Cl-].[Cl-].[Cl-].[Cl-].[K+].[Mg+2].[Mn+2].[Mo].[Na+].[Se].[Zn+2]. The molecule has 0 rings (SSSR count). The van der Waals surface area contributed by atoms with Crippen LogP contribution in [0.3, 0.4) is 0 Å². The van der Waals surface area contributed by atoms with Crippen LogP contribution in [0.2, 0.25) is 0 Å². The van der Waals surface area contributed by atoms with Crippen LogP contribution in [0.1, 0.15) is 0 Å². The van der Waals surface area contributed by atoms with Crippen LogP contribution < -0.4 is 255 Å². The molecule has 0 spiro atoms. The fourth-order valence-electron chi connectivity index (χ4n) is 0. The smallest absolute Gasteiger partial charge is 1.00 e. The van der Waals surface area contributed by atoms with Crippen LogP contribution in [0.4, 0.5) is 0 Å². The van der Waals surface area contributed by atoms with Gasteiger partial charge in [-0.05, 0) is 0 Å². The van der Waals surface area contributed by atoms with E-state index in [9.17, 15) is 0 Å². The van der Waals surface area contributed by atoms with Gasteiger partial charge in [-0.3, -0.25) is 0 Å². The number of halogens is 14. The van der Waals surface area contributed by atoms with Gasteiger partial charge in [0.1, 0.15) is 0 Å². The van der Waals surface area contributed by atoms with E-state index in [-0.39, 0.29) is 362 Å². The zero-order valence-electron chi connectivity index (χ0n) is 10.6. The number of rotatable bonds is 0. The summed E-state index contributed by atoms with van der Waals surface area (Å²) in [6, 6.07) is 0. The summed E-state index contributed by atoms with van der Waals surface area (Å²) in [7, 11) is 0. The minimum Gasteiger partial charge on any atom is -1.00 e. The summed E-state index contributed by atoms with van der Waals surface area (Å²) in [5.41, 5.74) is 0. The maximum atomic E-state index is 0. The Balaban J connectivity index is 0. The van der Waals surface area contributed by atoms with Crippen molar-refractivity contribution >= 4 is 50.0 Å². The van der Waals surface area contributed by atoms with E-state index in [1.165, 1.54) is 0 Å². The molecule has 0 amide bonds. The van der Waals surface area contributed by atoms with Crippen LogP contribution in [0, 0.1) is 0 Å². The van der Waals surface area contributed by atoms with Gasteiger partial charge in [0.2, 0.25) is 0 Å². The first kappa shape index (κ1) is 300. The van der Waals surface area contributed by atoms with Crippen molar-refractivity contribution in [3.05, 3.63) is 0 Å². The van der Waals surface area contributed by atoms with Crippen LogP contribution in [-0.4, -0.2) is 40.1 Å². The second-order valence-corrected chi connectivity index (χ2v) is 0. The molecule has 0 N–H and O–H groups in total. The molecule has 0 saturated carbocycles. The second kappa shape index (κ2) is 272.